The molecular formula is C35H70N2. The molecule has 2 saturated heterocycles. The molecule has 0 N–H and O–H groups in total. The van der Waals surface area contributed by atoms with Crippen molar-refractivity contribution in [2.75, 3.05) is 39.3 Å². The molecular weight excluding hydrogens is 448 g/mol. The van der Waals surface area contributed by atoms with E-state index in [-0.39, 0.29) is 0 Å². The van der Waals surface area contributed by atoms with Crippen molar-refractivity contribution in [3.05, 3.63) is 0 Å². The zero-order valence-electron chi connectivity index (χ0n) is 26.3. The molecule has 0 bridgehead atoms. The molecule has 2 heterocycles. The molecule has 1 spiro atoms. The first kappa shape index (κ1) is 33.1. The Hall–Kier alpha value is -0.0800. The van der Waals surface area contributed by atoms with Gasteiger partial charge in [-0.1, -0.05) is 130 Å². The minimum atomic E-state index is 0.690. The molecule has 0 aromatic rings. The first-order valence-corrected chi connectivity index (χ1v) is 17.6. The number of hydrogen-bond acceptors (Lipinski definition) is 2. The maximum Gasteiger partial charge on any atom is 0.00514 e. The third-order valence-electron chi connectivity index (χ3n) is 10.0. The molecule has 2 aliphatic heterocycles. The normalized spacial score (nSPS) is 19.8. The van der Waals surface area contributed by atoms with E-state index < -0.39 is 0 Å². The van der Waals surface area contributed by atoms with Crippen LogP contribution in [0.5, 0.6) is 0 Å². The van der Waals surface area contributed by atoms with Crippen molar-refractivity contribution in [1.82, 2.24) is 9.80 Å². The van der Waals surface area contributed by atoms with E-state index >= 15 is 0 Å². The van der Waals surface area contributed by atoms with Gasteiger partial charge in [-0.2, -0.15) is 0 Å². The molecule has 2 atom stereocenters. The zero-order chi connectivity index (χ0) is 26.6. The summed E-state index contributed by atoms with van der Waals surface area (Å²) in [5, 5.41) is 0. The average Bonchev–Trinajstić information content (AvgIpc) is 2.88. The Labute approximate surface area is 235 Å². The first-order valence-electron chi connectivity index (χ1n) is 17.6. The van der Waals surface area contributed by atoms with Crippen molar-refractivity contribution >= 4 is 0 Å². The van der Waals surface area contributed by atoms with Crippen LogP contribution in [0.25, 0.3) is 0 Å². The highest BCUT2D eigenvalue weighted by molar-refractivity contribution is 4.98. The van der Waals surface area contributed by atoms with Gasteiger partial charge in [0, 0.05) is 19.6 Å². The summed E-state index contributed by atoms with van der Waals surface area (Å²) in [6.07, 6.45) is 31.8. The van der Waals surface area contributed by atoms with E-state index in [2.05, 4.69) is 37.5 Å². The maximum atomic E-state index is 2.86. The Morgan fingerprint density at radius 2 is 0.919 bits per heavy atom. The number of likely N-dealkylation sites (tertiary alicyclic amines) is 2. The maximum absolute atomic E-state index is 2.86. The molecule has 37 heavy (non-hydrogen) atoms. The number of rotatable bonds is 24. The minimum absolute atomic E-state index is 0.690. The molecule has 2 rings (SSSR count). The van der Waals surface area contributed by atoms with Gasteiger partial charge in [-0.05, 0) is 75.4 Å². The Morgan fingerprint density at radius 1 is 0.486 bits per heavy atom. The summed E-state index contributed by atoms with van der Waals surface area (Å²) in [6, 6.07) is 0. The molecule has 0 radical (unpaired) electrons. The molecule has 0 amide bonds. The zero-order valence-corrected chi connectivity index (χ0v) is 26.3. The second kappa shape index (κ2) is 20.8. The Kier molecular flexibility index (Phi) is 18.6. The molecule has 2 heteroatoms. The van der Waals surface area contributed by atoms with Crippen LogP contribution in [0.4, 0.5) is 0 Å². The molecule has 220 valence electrons. The summed E-state index contributed by atoms with van der Waals surface area (Å²) in [7, 11) is 0. The van der Waals surface area contributed by atoms with Gasteiger partial charge in [0.1, 0.15) is 0 Å². The van der Waals surface area contributed by atoms with Crippen LogP contribution in [0, 0.1) is 17.3 Å². The van der Waals surface area contributed by atoms with Crippen molar-refractivity contribution in [3.8, 4) is 0 Å². The predicted molar refractivity (Wildman–Crippen MR) is 167 cm³/mol. The molecule has 0 aromatic carbocycles. The number of piperidine rings is 1. The van der Waals surface area contributed by atoms with Crippen LogP contribution < -0.4 is 0 Å². The monoisotopic (exact) mass is 519 g/mol. The van der Waals surface area contributed by atoms with Gasteiger partial charge >= 0.3 is 0 Å². The van der Waals surface area contributed by atoms with Crippen LogP contribution in [0.15, 0.2) is 0 Å². The van der Waals surface area contributed by atoms with Gasteiger partial charge in [-0.3, -0.25) is 0 Å². The number of unbranched alkanes of at least 4 members (excludes halogenated alkanes) is 10. The van der Waals surface area contributed by atoms with Gasteiger partial charge in [0.05, 0.1) is 0 Å². The fraction of sp³-hybridized carbons (Fsp3) is 1.00. The summed E-state index contributed by atoms with van der Waals surface area (Å²) in [5.74, 6) is 1.97. The topological polar surface area (TPSA) is 6.48 Å². The van der Waals surface area contributed by atoms with Crippen LogP contribution in [-0.2, 0) is 0 Å². The molecule has 2 fully saturated rings. The standard InChI is InChI=1S/C35H70N2/c1-5-9-13-17-21-33(20-15-11-7-3)24-19-27-37-31-35(32-37)25-28-36(29-26-35)30-34(22-16-12-8-4)23-18-14-10-6-2/h33-34H,5-32H2,1-4H3. The van der Waals surface area contributed by atoms with Gasteiger partial charge in [-0.15, -0.1) is 0 Å². The lowest BCUT2D eigenvalue weighted by Crippen LogP contribution is -2.60. The van der Waals surface area contributed by atoms with Crippen LogP contribution in [-0.4, -0.2) is 49.1 Å². The van der Waals surface area contributed by atoms with Crippen molar-refractivity contribution in [2.24, 2.45) is 17.3 Å². The van der Waals surface area contributed by atoms with Gasteiger partial charge < -0.3 is 9.80 Å². The van der Waals surface area contributed by atoms with E-state index in [0.29, 0.717) is 5.41 Å². The van der Waals surface area contributed by atoms with Gasteiger partial charge in [0.2, 0.25) is 0 Å². The smallest absolute Gasteiger partial charge is 0.00514 e. The Balaban J connectivity index is 1.63. The molecule has 0 aromatic heterocycles. The summed E-state index contributed by atoms with van der Waals surface area (Å²) >= 11 is 0. The largest absolute Gasteiger partial charge is 0.303 e. The highest BCUT2D eigenvalue weighted by atomic mass is 15.2. The summed E-state index contributed by atoms with van der Waals surface area (Å²) in [4.78, 5) is 5.68. The lowest BCUT2D eigenvalue weighted by atomic mass is 9.71. The third-order valence-corrected chi connectivity index (χ3v) is 10.0. The molecule has 0 aliphatic carbocycles. The van der Waals surface area contributed by atoms with E-state index in [1.807, 2.05) is 0 Å². The van der Waals surface area contributed by atoms with E-state index in [1.165, 1.54) is 181 Å². The molecule has 0 saturated carbocycles. The Morgan fingerprint density at radius 3 is 1.43 bits per heavy atom. The second-order valence-electron chi connectivity index (χ2n) is 13.6. The van der Waals surface area contributed by atoms with Gasteiger partial charge in [0.15, 0.2) is 0 Å². The van der Waals surface area contributed by atoms with E-state index in [0.717, 1.165) is 11.8 Å². The fourth-order valence-electron chi connectivity index (χ4n) is 7.40. The summed E-state index contributed by atoms with van der Waals surface area (Å²) in [6.45, 7) is 17.7. The molecule has 2 aliphatic rings. The van der Waals surface area contributed by atoms with Crippen LogP contribution in [0.1, 0.15) is 169 Å². The molecule has 2 nitrogen and oxygen atoms in total. The summed E-state index contributed by atoms with van der Waals surface area (Å²) in [5.41, 5.74) is 0.690. The van der Waals surface area contributed by atoms with E-state index in [4.69, 9.17) is 0 Å². The van der Waals surface area contributed by atoms with Gasteiger partial charge in [0.25, 0.3) is 0 Å². The van der Waals surface area contributed by atoms with Crippen molar-refractivity contribution in [1.29, 1.82) is 0 Å². The van der Waals surface area contributed by atoms with Gasteiger partial charge in [-0.25, -0.2) is 0 Å². The number of hydrogen-bond donors (Lipinski definition) is 0. The number of nitrogens with zero attached hydrogens (tertiary/aromatic N) is 2. The van der Waals surface area contributed by atoms with E-state index in [9.17, 15) is 0 Å². The van der Waals surface area contributed by atoms with Crippen LogP contribution in [0.3, 0.4) is 0 Å². The minimum Gasteiger partial charge on any atom is -0.303 e. The predicted octanol–water partition coefficient (Wildman–Crippen LogP) is 10.5. The van der Waals surface area contributed by atoms with Crippen LogP contribution in [0.2, 0.25) is 0 Å². The lowest BCUT2D eigenvalue weighted by Gasteiger charge is -2.54. The van der Waals surface area contributed by atoms with Crippen molar-refractivity contribution in [3.63, 3.8) is 0 Å². The van der Waals surface area contributed by atoms with Crippen LogP contribution >= 0.6 is 0 Å². The average molecular weight is 519 g/mol. The highest BCUT2D eigenvalue weighted by Gasteiger charge is 2.44. The Bertz CT molecular complexity index is 501. The quantitative estimate of drug-likeness (QED) is 0.117. The SMILES string of the molecule is CCCCCCC(CCCCC)CCCN1CC2(CCN(CC(CCCCC)CCCCCC)CC2)C1. The van der Waals surface area contributed by atoms with Crippen molar-refractivity contribution < 1.29 is 0 Å². The molecule has 2 unspecified atom stereocenters. The first-order chi connectivity index (χ1) is 18.1. The van der Waals surface area contributed by atoms with E-state index in [1.54, 1.807) is 0 Å². The van der Waals surface area contributed by atoms with Crippen molar-refractivity contribution in [2.45, 2.75) is 169 Å². The third kappa shape index (κ3) is 14.2. The summed E-state index contributed by atoms with van der Waals surface area (Å²) < 4.78 is 0. The fourth-order valence-corrected chi connectivity index (χ4v) is 7.40. The lowest BCUT2D eigenvalue weighted by molar-refractivity contribution is -0.0496. The second-order valence-corrected chi connectivity index (χ2v) is 13.6. The highest BCUT2D eigenvalue weighted by Crippen LogP contribution is 2.41.